The summed E-state index contributed by atoms with van der Waals surface area (Å²) in [6.07, 6.45) is 1.00. The molecule has 0 bridgehead atoms. The fourth-order valence-corrected chi connectivity index (χ4v) is 3.70. The number of aryl methyl sites for hydroxylation is 1. The molecule has 36 heavy (non-hydrogen) atoms. The molecule has 0 saturated carbocycles. The van der Waals surface area contributed by atoms with Crippen LogP contribution in [0.1, 0.15) is 40.7 Å². The van der Waals surface area contributed by atoms with Gasteiger partial charge in [-0.15, -0.1) is 0 Å². The molecule has 192 valence electrons. The van der Waals surface area contributed by atoms with Gasteiger partial charge < -0.3 is 21.1 Å². The Kier molecular flexibility index (Phi) is 10.0. The maximum atomic E-state index is 13.7. The lowest BCUT2D eigenvalue weighted by atomic mass is 10.00. The van der Waals surface area contributed by atoms with Gasteiger partial charge in [0, 0.05) is 32.1 Å². The lowest BCUT2D eigenvalue weighted by Crippen LogP contribution is -2.49. The molecule has 0 radical (unpaired) electrons. The van der Waals surface area contributed by atoms with Gasteiger partial charge in [0.25, 0.3) is 5.91 Å². The van der Waals surface area contributed by atoms with E-state index in [0.717, 1.165) is 30.2 Å². The van der Waals surface area contributed by atoms with Crippen LogP contribution in [0.3, 0.4) is 0 Å². The minimum atomic E-state index is -1.04. The highest BCUT2D eigenvalue weighted by Gasteiger charge is 2.22. The maximum absolute atomic E-state index is 13.7. The average molecular weight is 501 g/mol. The zero-order chi connectivity index (χ0) is 25.9. The summed E-state index contributed by atoms with van der Waals surface area (Å²) >= 11 is 0. The van der Waals surface area contributed by atoms with Crippen molar-refractivity contribution in [3.63, 3.8) is 0 Å². The lowest BCUT2D eigenvalue weighted by molar-refractivity contribution is -0.122. The number of halogens is 2. The first kappa shape index (κ1) is 26.9. The van der Waals surface area contributed by atoms with Gasteiger partial charge in [-0.25, -0.2) is 13.8 Å². The Morgan fingerprint density at radius 3 is 2.53 bits per heavy atom. The SMILES string of the molecule is CCc1cccc(CNC[C@@H](O)[C@H](Cc2cc(F)cc(F)c2)NC(=O)CCNC(=O)c2ncn[nH]2)c1. The molecule has 2 aromatic carbocycles. The van der Waals surface area contributed by atoms with Gasteiger partial charge in [-0.05, 0) is 41.7 Å². The fraction of sp³-hybridized carbons (Fsp3) is 0.360. The van der Waals surface area contributed by atoms with Gasteiger partial charge in [-0.2, -0.15) is 5.10 Å². The third-order valence-corrected chi connectivity index (χ3v) is 5.54. The molecule has 0 aliphatic rings. The summed E-state index contributed by atoms with van der Waals surface area (Å²) < 4.78 is 27.4. The van der Waals surface area contributed by atoms with Gasteiger partial charge in [0.2, 0.25) is 11.7 Å². The molecule has 0 spiro atoms. The van der Waals surface area contributed by atoms with Crippen LogP contribution in [0.5, 0.6) is 0 Å². The predicted molar refractivity (Wildman–Crippen MR) is 129 cm³/mol. The normalized spacial score (nSPS) is 12.7. The highest BCUT2D eigenvalue weighted by molar-refractivity contribution is 5.90. The van der Waals surface area contributed by atoms with Crippen molar-refractivity contribution in [2.75, 3.05) is 13.1 Å². The van der Waals surface area contributed by atoms with Crippen molar-refractivity contribution >= 4 is 11.8 Å². The molecule has 0 aliphatic heterocycles. The summed E-state index contributed by atoms with van der Waals surface area (Å²) in [5, 5.41) is 25.3. The second-order valence-electron chi connectivity index (χ2n) is 8.37. The molecular formula is C25H30F2N6O3. The third-order valence-electron chi connectivity index (χ3n) is 5.54. The van der Waals surface area contributed by atoms with E-state index in [1.807, 2.05) is 18.2 Å². The molecule has 2 atom stereocenters. The van der Waals surface area contributed by atoms with Crippen LogP contribution in [0.25, 0.3) is 0 Å². The van der Waals surface area contributed by atoms with Gasteiger partial charge in [-0.1, -0.05) is 31.2 Å². The number of benzene rings is 2. The third kappa shape index (κ3) is 8.51. The van der Waals surface area contributed by atoms with E-state index in [1.54, 1.807) is 0 Å². The highest BCUT2D eigenvalue weighted by Crippen LogP contribution is 2.12. The Labute approximate surface area is 207 Å². The molecule has 1 aromatic heterocycles. The quantitative estimate of drug-likeness (QED) is 0.243. The number of carbonyl (C=O) groups excluding carboxylic acids is 2. The van der Waals surface area contributed by atoms with Crippen LogP contribution in [0.4, 0.5) is 8.78 Å². The molecule has 0 aliphatic carbocycles. The lowest BCUT2D eigenvalue weighted by Gasteiger charge is -2.25. The number of nitrogens with zero attached hydrogens (tertiary/aromatic N) is 2. The highest BCUT2D eigenvalue weighted by atomic mass is 19.1. The van der Waals surface area contributed by atoms with Crippen molar-refractivity contribution in [3.05, 3.63) is 82.9 Å². The van der Waals surface area contributed by atoms with Crippen LogP contribution in [0.15, 0.2) is 48.8 Å². The largest absolute Gasteiger partial charge is 0.390 e. The number of hydrogen-bond acceptors (Lipinski definition) is 6. The van der Waals surface area contributed by atoms with Gasteiger partial charge in [-0.3, -0.25) is 14.7 Å². The molecule has 0 fully saturated rings. The Bertz CT molecular complexity index is 1120. The number of nitrogens with one attached hydrogen (secondary N) is 4. The van der Waals surface area contributed by atoms with Gasteiger partial charge >= 0.3 is 0 Å². The van der Waals surface area contributed by atoms with Crippen molar-refractivity contribution in [2.45, 2.75) is 44.9 Å². The van der Waals surface area contributed by atoms with Crippen molar-refractivity contribution in [3.8, 4) is 0 Å². The van der Waals surface area contributed by atoms with E-state index in [2.05, 4.69) is 44.1 Å². The van der Waals surface area contributed by atoms with Gasteiger partial charge in [0.15, 0.2) is 0 Å². The number of aromatic nitrogens is 3. The summed E-state index contributed by atoms with van der Waals surface area (Å²) in [5.41, 5.74) is 2.55. The Hall–Kier alpha value is -3.70. The second-order valence-corrected chi connectivity index (χ2v) is 8.37. The molecule has 5 N–H and O–H groups in total. The van der Waals surface area contributed by atoms with Gasteiger partial charge in [0.05, 0.1) is 12.1 Å². The number of hydrogen-bond donors (Lipinski definition) is 5. The topological polar surface area (TPSA) is 132 Å². The number of H-pyrrole nitrogens is 1. The molecule has 3 rings (SSSR count). The van der Waals surface area contributed by atoms with Crippen LogP contribution in [0, 0.1) is 11.6 Å². The van der Waals surface area contributed by atoms with Crippen LogP contribution in [-0.2, 0) is 24.2 Å². The van der Waals surface area contributed by atoms with Crippen LogP contribution < -0.4 is 16.0 Å². The number of amides is 2. The summed E-state index contributed by atoms with van der Waals surface area (Å²) in [7, 11) is 0. The van der Waals surface area contributed by atoms with Gasteiger partial charge in [0.1, 0.15) is 18.0 Å². The zero-order valence-corrected chi connectivity index (χ0v) is 19.9. The average Bonchev–Trinajstić information content (AvgIpc) is 3.38. The van der Waals surface area contributed by atoms with Crippen molar-refractivity contribution in [2.24, 2.45) is 0 Å². The maximum Gasteiger partial charge on any atom is 0.288 e. The Morgan fingerprint density at radius 2 is 1.83 bits per heavy atom. The van der Waals surface area contributed by atoms with E-state index >= 15 is 0 Å². The molecule has 9 nitrogen and oxygen atoms in total. The molecule has 11 heteroatoms. The minimum Gasteiger partial charge on any atom is -0.390 e. The molecular weight excluding hydrogens is 470 g/mol. The Morgan fingerprint density at radius 1 is 1.08 bits per heavy atom. The molecule has 0 unspecified atom stereocenters. The standard InChI is InChI=1S/C25H30F2N6O3/c1-2-16-4-3-5-17(8-16)13-28-14-22(34)21(11-18-9-19(26)12-20(27)10-18)32-23(35)6-7-29-25(36)24-30-15-31-33-24/h3-5,8-10,12,15,21-22,28,34H,2,6-7,11,13-14H2,1H3,(H,29,36)(H,32,35)(H,30,31,33)/t21-,22+/m0/s1. The zero-order valence-electron chi connectivity index (χ0n) is 19.9. The Balaban J connectivity index is 1.57. The smallest absolute Gasteiger partial charge is 0.288 e. The van der Waals surface area contributed by atoms with Crippen LogP contribution >= 0.6 is 0 Å². The monoisotopic (exact) mass is 500 g/mol. The first-order valence-electron chi connectivity index (χ1n) is 11.7. The summed E-state index contributed by atoms with van der Waals surface area (Å²) in [6, 6.07) is 10.3. The fourth-order valence-electron chi connectivity index (χ4n) is 3.70. The number of aromatic amines is 1. The van der Waals surface area contributed by atoms with E-state index in [0.29, 0.717) is 12.1 Å². The molecule has 2 amide bonds. The van der Waals surface area contributed by atoms with E-state index in [1.165, 1.54) is 11.9 Å². The molecule has 1 heterocycles. The first-order chi connectivity index (χ1) is 17.3. The van der Waals surface area contributed by atoms with Crippen molar-refractivity contribution in [1.82, 2.24) is 31.1 Å². The van der Waals surface area contributed by atoms with Crippen LogP contribution in [0.2, 0.25) is 0 Å². The summed E-state index contributed by atoms with van der Waals surface area (Å²) in [4.78, 5) is 28.2. The van der Waals surface area contributed by atoms with E-state index in [9.17, 15) is 23.5 Å². The second kappa shape index (κ2) is 13.4. The number of carbonyl (C=O) groups is 2. The number of rotatable bonds is 13. The summed E-state index contributed by atoms with van der Waals surface area (Å²) in [5.74, 6) is -2.41. The van der Waals surface area contributed by atoms with Crippen molar-refractivity contribution < 1.29 is 23.5 Å². The predicted octanol–water partition coefficient (Wildman–Crippen LogP) is 1.64. The van der Waals surface area contributed by atoms with E-state index in [-0.39, 0.29) is 31.8 Å². The molecule has 3 aromatic rings. The van der Waals surface area contributed by atoms with Crippen LogP contribution in [-0.4, -0.2) is 57.3 Å². The number of aliphatic hydroxyl groups excluding tert-OH is 1. The first-order valence-corrected chi connectivity index (χ1v) is 11.7. The molecule has 0 saturated heterocycles. The van der Waals surface area contributed by atoms with Crippen molar-refractivity contribution in [1.29, 1.82) is 0 Å². The van der Waals surface area contributed by atoms with E-state index in [4.69, 9.17) is 0 Å². The van der Waals surface area contributed by atoms with E-state index < -0.39 is 35.6 Å². The minimum absolute atomic E-state index is 0.0129. The number of aliphatic hydroxyl groups is 1. The summed E-state index contributed by atoms with van der Waals surface area (Å²) in [6.45, 7) is 2.74.